The number of aromatic nitrogens is 1. The van der Waals surface area contributed by atoms with E-state index >= 15 is 0 Å². The molecule has 1 saturated heterocycles. The van der Waals surface area contributed by atoms with Crippen LogP contribution in [0.5, 0.6) is 0 Å². The summed E-state index contributed by atoms with van der Waals surface area (Å²) in [6.07, 6.45) is 5.36. The van der Waals surface area contributed by atoms with Gasteiger partial charge >= 0.3 is 0 Å². The molecule has 0 saturated carbocycles. The molecule has 2 heterocycles. The van der Waals surface area contributed by atoms with Crippen LogP contribution < -0.4 is 5.32 Å². The first-order chi connectivity index (χ1) is 15.0. The third-order valence-electron chi connectivity index (χ3n) is 5.58. The van der Waals surface area contributed by atoms with Crippen LogP contribution in [-0.2, 0) is 16.1 Å². The van der Waals surface area contributed by atoms with Crippen molar-refractivity contribution in [1.82, 2.24) is 9.47 Å². The Labute approximate surface area is 191 Å². The molecule has 0 spiro atoms. The number of thioether (sulfide) groups is 1. The first-order valence-electron chi connectivity index (χ1n) is 10.6. The van der Waals surface area contributed by atoms with Gasteiger partial charge in [-0.2, -0.15) is 0 Å². The van der Waals surface area contributed by atoms with E-state index in [9.17, 15) is 9.59 Å². The quantitative estimate of drug-likeness (QED) is 0.510. The van der Waals surface area contributed by atoms with Crippen LogP contribution in [0.25, 0.3) is 10.9 Å². The topological polar surface area (TPSA) is 54.3 Å². The Morgan fingerprint density at radius 1 is 1.10 bits per heavy atom. The molecule has 1 aromatic heterocycles. The zero-order valence-corrected chi connectivity index (χ0v) is 19.1. The van der Waals surface area contributed by atoms with Gasteiger partial charge in [0.15, 0.2) is 0 Å². The van der Waals surface area contributed by atoms with Crippen molar-refractivity contribution in [2.45, 2.75) is 37.6 Å². The van der Waals surface area contributed by atoms with Gasteiger partial charge in [-0.15, -0.1) is 11.8 Å². The van der Waals surface area contributed by atoms with Crippen molar-refractivity contribution in [2.75, 3.05) is 24.2 Å². The molecule has 0 atom stereocenters. The van der Waals surface area contributed by atoms with Crippen molar-refractivity contribution in [1.29, 1.82) is 0 Å². The van der Waals surface area contributed by atoms with E-state index in [0.717, 1.165) is 47.3 Å². The van der Waals surface area contributed by atoms with Gasteiger partial charge < -0.3 is 14.8 Å². The van der Waals surface area contributed by atoms with Gasteiger partial charge in [0.05, 0.1) is 5.75 Å². The first-order valence-corrected chi connectivity index (χ1v) is 11.9. The minimum atomic E-state index is -0.0915. The molecule has 31 heavy (non-hydrogen) atoms. The molecule has 7 heteroatoms. The maximum atomic E-state index is 12.8. The van der Waals surface area contributed by atoms with Crippen molar-refractivity contribution < 1.29 is 9.59 Å². The number of nitrogens with one attached hydrogen (secondary N) is 1. The van der Waals surface area contributed by atoms with Gasteiger partial charge in [-0.25, -0.2) is 0 Å². The van der Waals surface area contributed by atoms with Crippen LogP contribution in [0.15, 0.2) is 53.6 Å². The molecule has 2 amide bonds. The Bertz CT molecular complexity index is 1110. The summed E-state index contributed by atoms with van der Waals surface area (Å²) in [6.45, 7) is 3.95. The Hall–Kier alpha value is -2.44. The number of fused-ring (bicyclic) bond motifs is 1. The molecule has 0 unspecified atom stereocenters. The fourth-order valence-corrected chi connectivity index (χ4v) is 4.93. The normalized spacial score (nSPS) is 14.1. The number of hydrogen-bond donors (Lipinski definition) is 1. The van der Waals surface area contributed by atoms with Crippen molar-refractivity contribution in [3.63, 3.8) is 0 Å². The summed E-state index contributed by atoms with van der Waals surface area (Å²) in [5.74, 6) is 0.344. The molecular weight excluding hydrogens is 430 g/mol. The van der Waals surface area contributed by atoms with Crippen LogP contribution in [0.3, 0.4) is 0 Å². The van der Waals surface area contributed by atoms with Gasteiger partial charge in [0.1, 0.15) is 6.54 Å². The Kier molecular flexibility index (Phi) is 6.88. The second kappa shape index (κ2) is 9.79. The lowest BCUT2D eigenvalue weighted by atomic mass is 10.1. The number of carbonyl (C=O) groups excluding carboxylic acids is 2. The van der Waals surface area contributed by atoms with Crippen molar-refractivity contribution in [3.8, 4) is 0 Å². The predicted octanol–water partition coefficient (Wildman–Crippen LogP) is 5.35. The van der Waals surface area contributed by atoms with E-state index in [4.69, 9.17) is 11.6 Å². The van der Waals surface area contributed by atoms with Gasteiger partial charge in [-0.1, -0.05) is 35.9 Å². The molecule has 1 aliphatic rings. The van der Waals surface area contributed by atoms with Crippen molar-refractivity contribution >= 4 is 51.8 Å². The number of carbonyl (C=O) groups is 2. The van der Waals surface area contributed by atoms with Crippen molar-refractivity contribution in [3.05, 3.63) is 59.2 Å². The number of hydrogen-bond acceptors (Lipinski definition) is 3. The van der Waals surface area contributed by atoms with Crippen LogP contribution in [0, 0.1) is 6.92 Å². The summed E-state index contributed by atoms with van der Waals surface area (Å²) in [5, 5.41) is 4.59. The highest BCUT2D eigenvalue weighted by Gasteiger charge is 2.19. The Morgan fingerprint density at radius 2 is 1.87 bits per heavy atom. The van der Waals surface area contributed by atoms with Crippen molar-refractivity contribution in [2.24, 2.45) is 0 Å². The predicted molar refractivity (Wildman–Crippen MR) is 128 cm³/mol. The van der Waals surface area contributed by atoms with E-state index in [-0.39, 0.29) is 17.6 Å². The summed E-state index contributed by atoms with van der Waals surface area (Å²) in [5.41, 5.74) is 2.68. The highest BCUT2D eigenvalue weighted by Crippen LogP contribution is 2.30. The maximum absolute atomic E-state index is 12.8. The maximum Gasteiger partial charge on any atom is 0.242 e. The molecular formula is C24H26ClN3O2S. The third kappa shape index (κ3) is 5.25. The lowest BCUT2D eigenvalue weighted by molar-refractivity contribution is -0.132. The number of aryl methyl sites for hydroxylation is 1. The minimum absolute atomic E-state index is 0.0915. The fraction of sp³-hybridized carbons (Fsp3) is 0.333. The molecule has 0 bridgehead atoms. The second-order valence-corrected chi connectivity index (χ2v) is 9.31. The standard InChI is InChI=1S/C24H26ClN3O2S/c1-17-9-10-18(13-20(17)25)26-23(29)16-31-22-14-28(21-8-4-3-7-19(21)22)15-24(30)27-11-5-2-6-12-27/h3-4,7-10,13-14H,2,5-6,11-12,15-16H2,1H3,(H,26,29). The van der Waals surface area contributed by atoms with Crippen LogP contribution in [0.1, 0.15) is 24.8 Å². The van der Waals surface area contributed by atoms with Gasteiger partial charge in [0, 0.05) is 45.8 Å². The van der Waals surface area contributed by atoms with Crippen LogP contribution >= 0.6 is 23.4 Å². The molecule has 162 valence electrons. The third-order valence-corrected chi connectivity index (χ3v) is 7.03. The SMILES string of the molecule is Cc1ccc(NC(=O)CSc2cn(CC(=O)N3CCCCC3)c3ccccc23)cc1Cl. The molecule has 0 radical (unpaired) electrons. The average Bonchev–Trinajstić information content (AvgIpc) is 3.13. The zero-order valence-electron chi connectivity index (χ0n) is 17.6. The monoisotopic (exact) mass is 455 g/mol. The van der Waals surface area contributed by atoms with Crippen LogP contribution in [0.2, 0.25) is 5.02 Å². The number of nitrogens with zero attached hydrogens (tertiary/aromatic N) is 2. The minimum Gasteiger partial charge on any atom is -0.341 e. The number of benzene rings is 2. The molecule has 1 fully saturated rings. The molecule has 4 rings (SSSR count). The van der Waals surface area contributed by atoms with E-state index in [1.807, 2.05) is 59.0 Å². The average molecular weight is 456 g/mol. The summed E-state index contributed by atoms with van der Waals surface area (Å²) in [6, 6.07) is 13.5. The van der Waals surface area contributed by atoms with Crippen LogP contribution in [0.4, 0.5) is 5.69 Å². The van der Waals surface area contributed by atoms with Gasteiger partial charge in [0.25, 0.3) is 0 Å². The first kappa shape index (κ1) is 21.8. The molecule has 2 aromatic carbocycles. The number of rotatable bonds is 6. The number of para-hydroxylation sites is 1. The Balaban J connectivity index is 1.44. The van der Waals surface area contributed by atoms with Gasteiger partial charge in [-0.3, -0.25) is 9.59 Å². The van der Waals surface area contributed by atoms with E-state index in [1.54, 1.807) is 6.07 Å². The molecule has 3 aromatic rings. The van der Waals surface area contributed by atoms with Gasteiger partial charge in [-0.05, 0) is 49.9 Å². The summed E-state index contributed by atoms with van der Waals surface area (Å²) in [7, 11) is 0. The smallest absolute Gasteiger partial charge is 0.242 e. The zero-order chi connectivity index (χ0) is 21.8. The number of piperidine rings is 1. The largest absolute Gasteiger partial charge is 0.341 e. The highest BCUT2D eigenvalue weighted by atomic mass is 35.5. The Morgan fingerprint density at radius 3 is 2.65 bits per heavy atom. The second-order valence-electron chi connectivity index (χ2n) is 7.88. The summed E-state index contributed by atoms with van der Waals surface area (Å²) < 4.78 is 2.01. The number of anilines is 1. The van der Waals surface area contributed by atoms with E-state index in [2.05, 4.69) is 5.32 Å². The number of likely N-dealkylation sites (tertiary alicyclic amines) is 1. The number of amides is 2. The molecule has 5 nitrogen and oxygen atoms in total. The van der Waals surface area contributed by atoms with Crippen LogP contribution in [-0.4, -0.2) is 40.1 Å². The fourth-order valence-electron chi connectivity index (χ4n) is 3.86. The number of halogens is 1. The van der Waals surface area contributed by atoms with Gasteiger partial charge in [0.2, 0.25) is 11.8 Å². The summed E-state index contributed by atoms with van der Waals surface area (Å²) in [4.78, 5) is 28.2. The summed E-state index contributed by atoms with van der Waals surface area (Å²) >= 11 is 7.62. The van der Waals surface area contributed by atoms with E-state index in [0.29, 0.717) is 17.3 Å². The molecule has 1 N–H and O–H groups in total. The highest BCUT2D eigenvalue weighted by molar-refractivity contribution is 8.00. The van der Waals surface area contributed by atoms with E-state index < -0.39 is 0 Å². The van der Waals surface area contributed by atoms with E-state index in [1.165, 1.54) is 18.2 Å². The lowest BCUT2D eigenvalue weighted by Crippen LogP contribution is -2.37. The lowest BCUT2D eigenvalue weighted by Gasteiger charge is -2.27. The molecule has 1 aliphatic heterocycles. The molecule has 0 aliphatic carbocycles.